The first-order chi connectivity index (χ1) is 5.78. The second-order valence-corrected chi connectivity index (χ2v) is 4.62. The lowest BCUT2D eigenvalue weighted by Gasteiger charge is -2.24. The molecule has 0 radical (unpaired) electrons. The monoisotopic (exact) mass is 183 g/mol. The molecule has 0 heterocycles. The number of aliphatic hydroxyl groups excluding tert-OH is 1. The van der Waals surface area contributed by atoms with Crippen LogP contribution in [-0.2, 0) is 4.74 Å². The van der Waals surface area contributed by atoms with Gasteiger partial charge in [0.15, 0.2) is 6.29 Å². The number of rotatable bonds is 2. The molecule has 1 aliphatic rings. The Labute approximate surface area is 79.3 Å². The molecule has 3 heteroatoms. The van der Waals surface area contributed by atoms with E-state index in [-0.39, 0.29) is 11.5 Å². The molecule has 0 amide bonds. The summed E-state index contributed by atoms with van der Waals surface area (Å²) < 4.78 is 5.34. The third kappa shape index (κ3) is 2.44. The molecule has 1 aliphatic carbocycles. The van der Waals surface area contributed by atoms with Gasteiger partial charge in [0, 0.05) is 5.92 Å². The van der Waals surface area contributed by atoms with Crippen molar-refractivity contribution in [2.24, 2.45) is 11.7 Å². The predicted octanol–water partition coefficient (Wildman–Crippen LogP) is 0.470. The van der Waals surface area contributed by atoms with Gasteiger partial charge in [0.05, 0.1) is 11.1 Å². The van der Waals surface area contributed by atoms with Crippen molar-refractivity contribution in [3.8, 4) is 12.3 Å². The minimum atomic E-state index is -0.846. The molecule has 74 valence electrons. The molecule has 0 spiro atoms. The lowest BCUT2D eigenvalue weighted by molar-refractivity contribution is -0.177. The lowest BCUT2D eigenvalue weighted by atomic mass is 10.2. The molecule has 0 aromatic carbocycles. The molecule has 1 fully saturated rings. The van der Waals surface area contributed by atoms with Crippen LogP contribution in [0.2, 0.25) is 0 Å². The standard InChI is InChI=1S/C10H17NO2/c1-5-10(11)6-7(10)8(12)13-9(2,3)4/h1,7-8,12H,6,11H2,2-4H3/t7-,8?,10-/m1/s1. The Kier molecular flexibility index (Phi) is 2.42. The van der Waals surface area contributed by atoms with E-state index in [2.05, 4.69) is 5.92 Å². The predicted molar refractivity (Wildman–Crippen MR) is 50.7 cm³/mol. The summed E-state index contributed by atoms with van der Waals surface area (Å²) in [5.41, 5.74) is 4.72. The van der Waals surface area contributed by atoms with Crippen LogP contribution in [0, 0.1) is 18.3 Å². The van der Waals surface area contributed by atoms with E-state index < -0.39 is 11.8 Å². The third-order valence-electron chi connectivity index (χ3n) is 2.15. The van der Waals surface area contributed by atoms with Crippen LogP contribution in [0.25, 0.3) is 0 Å². The van der Waals surface area contributed by atoms with Gasteiger partial charge < -0.3 is 15.6 Å². The van der Waals surface area contributed by atoms with Crippen LogP contribution in [0.3, 0.4) is 0 Å². The van der Waals surface area contributed by atoms with E-state index in [1.807, 2.05) is 20.8 Å². The van der Waals surface area contributed by atoms with E-state index in [0.717, 1.165) is 0 Å². The first kappa shape index (κ1) is 10.5. The molecule has 0 aliphatic heterocycles. The zero-order chi connectivity index (χ0) is 10.3. The maximum Gasteiger partial charge on any atom is 0.160 e. The highest BCUT2D eigenvalue weighted by atomic mass is 16.6. The molecule has 1 rings (SSSR count). The van der Waals surface area contributed by atoms with Gasteiger partial charge in [0.1, 0.15) is 0 Å². The number of aliphatic hydroxyl groups is 1. The quantitative estimate of drug-likeness (QED) is 0.483. The molecule has 0 bridgehead atoms. The van der Waals surface area contributed by atoms with Gasteiger partial charge in [-0.25, -0.2) is 0 Å². The van der Waals surface area contributed by atoms with Crippen molar-refractivity contribution >= 4 is 0 Å². The minimum absolute atomic E-state index is 0.114. The Hall–Kier alpha value is -0.560. The normalized spacial score (nSPS) is 35.2. The van der Waals surface area contributed by atoms with Crippen LogP contribution < -0.4 is 5.73 Å². The van der Waals surface area contributed by atoms with E-state index >= 15 is 0 Å². The largest absolute Gasteiger partial charge is 0.368 e. The van der Waals surface area contributed by atoms with Crippen molar-refractivity contribution in [1.82, 2.24) is 0 Å². The van der Waals surface area contributed by atoms with Gasteiger partial charge in [-0.1, -0.05) is 5.92 Å². The Morgan fingerprint density at radius 2 is 2.23 bits per heavy atom. The van der Waals surface area contributed by atoms with Crippen LogP contribution >= 0.6 is 0 Å². The molecule has 0 saturated heterocycles. The number of ether oxygens (including phenoxy) is 1. The second-order valence-electron chi connectivity index (χ2n) is 4.62. The van der Waals surface area contributed by atoms with Crippen LogP contribution in [0.5, 0.6) is 0 Å². The molecule has 3 N–H and O–H groups in total. The molecule has 0 aromatic rings. The van der Waals surface area contributed by atoms with Crippen molar-refractivity contribution in [2.45, 2.75) is 44.6 Å². The smallest absolute Gasteiger partial charge is 0.160 e. The van der Waals surface area contributed by atoms with E-state index in [9.17, 15) is 5.11 Å². The molecule has 1 unspecified atom stereocenters. The van der Waals surface area contributed by atoms with Crippen LogP contribution in [0.1, 0.15) is 27.2 Å². The van der Waals surface area contributed by atoms with E-state index in [1.165, 1.54) is 0 Å². The summed E-state index contributed by atoms with van der Waals surface area (Å²) in [5.74, 6) is 2.36. The molecular weight excluding hydrogens is 166 g/mol. The fraction of sp³-hybridized carbons (Fsp3) is 0.800. The number of hydrogen-bond donors (Lipinski definition) is 2. The van der Waals surface area contributed by atoms with Crippen LogP contribution in [0.15, 0.2) is 0 Å². The fourth-order valence-corrected chi connectivity index (χ4v) is 1.27. The second kappa shape index (κ2) is 2.98. The molecule has 3 atom stereocenters. The zero-order valence-corrected chi connectivity index (χ0v) is 8.37. The van der Waals surface area contributed by atoms with Gasteiger partial charge in [-0.05, 0) is 27.2 Å². The van der Waals surface area contributed by atoms with Gasteiger partial charge in [-0.15, -0.1) is 6.42 Å². The minimum Gasteiger partial charge on any atom is -0.368 e. The van der Waals surface area contributed by atoms with E-state index in [1.54, 1.807) is 0 Å². The number of nitrogens with two attached hydrogens (primary N) is 1. The molecule has 1 saturated carbocycles. The van der Waals surface area contributed by atoms with Crippen molar-refractivity contribution < 1.29 is 9.84 Å². The summed E-state index contributed by atoms with van der Waals surface area (Å²) in [6.45, 7) is 5.64. The molecular formula is C10H17NO2. The van der Waals surface area contributed by atoms with Crippen LogP contribution in [-0.4, -0.2) is 22.5 Å². The molecule has 0 aromatic heterocycles. The average Bonchev–Trinajstić information content (AvgIpc) is 2.60. The van der Waals surface area contributed by atoms with Crippen molar-refractivity contribution in [3.05, 3.63) is 0 Å². The van der Waals surface area contributed by atoms with Gasteiger partial charge >= 0.3 is 0 Å². The first-order valence-corrected chi connectivity index (χ1v) is 4.41. The Balaban J connectivity index is 2.46. The Morgan fingerprint density at radius 3 is 2.54 bits per heavy atom. The highest BCUT2D eigenvalue weighted by Gasteiger charge is 2.55. The highest BCUT2D eigenvalue weighted by molar-refractivity contribution is 5.26. The van der Waals surface area contributed by atoms with E-state index in [4.69, 9.17) is 16.9 Å². The maximum absolute atomic E-state index is 9.59. The zero-order valence-electron chi connectivity index (χ0n) is 8.37. The topological polar surface area (TPSA) is 55.5 Å². The SMILES string of the molecule is C#C[C@@]1(N)C[C@@H]1C(O)OC(C)(C)C. The Bertz CT molecular complexity index is 238. The summed E-state index contributed by atoms with van der Waals surface area (Å²) in [5, 5.41) is 9.59. The lowest BCUT2D eigenvalue weighted by Crippen LogP contribution is -2.34. The maximum atomic E-state index is 9.59. The van der Waals surface area contributed by atoms with Gasteiger partial charge in [-0.3, -0.25) is 0 Å². The summed E-state index contributed by atoms with van der Waals surface area (Å²) in [6, 6.07) is 0. The average molecular weight is 183 g/mol. The molecule has 13 heavy (non-hydrogen) atoms. The van der Waals surface area contributed by atoms with Gasteiger partial charge in [0.25, 0.3) is 0 Å². The summed E-state index contributed by atoms with van der Waals surface area (Å²) >= 11 is 0. The van der Waals surface area contributed by atoms with Gasteiger partial charge in [-0.2, -0.15) is 0 Å². The number of hydrogen-bond acceptors (Lipinski definition) is 3. The fourth-order valence-electron chi connectivity index (χ4n) is 1.27. The first-order valence-electron chi connectivity index (χ1n) is 4.41. The van der Waals surface area contributed by atoms with E-state index in [0.29, 0.717) is 6.42 Å². The highest BCUT2D eigenvalue weighted by Crippen LogP contribution is 2.44. The van der Waals surface area contributed by atoms with Crippen molar-refractivity contribution in [3.63, 3.8) is 0 Å². The summed E-state index contributed by atoms with van der Waals surface area (Å²) in [7, 11) is 0. The van der Waals surface area contributed by atoms with Crippen LogP contribution in [0.4, 0.5) is 0 Å². The van der Waals surface area contributed by atoms with Gasteiger partial charge in [0.2, 0.25) is 0 Å². The Morgan fingerprint density at radius 1 is 1.69 bits per heavy atom. The summed E-state index contributed by atoms with van der Waals surface area (Å²) in [4.78, 5) is 0. The molecule has 3 nitrogen and oxygen atoms in total. The van der Waals surface area contributed by atoms with Crippen molar-refractivity contribution in [2.75, 3.05) is 0 Å². The third-order valence-corrected chi connectivity index (χ3v) is 2.15. The summed E-state index contributed by atoms with van der Waals surface area (Å²) in [6.07, 6.45) is 5.01. The number of terminal acetylenes is 1. The van der Waals surface area contributed by atoms with Crippen molar-refractivity contribution in [1.29, 1.82) is 0 Å².